The second kappa shape index (κ2) is 18.1. The van der Waals surface area contributed by atoms with Gasteiger partial charge in [0.05, 0.1) is 12.2 Å². The van der Waals surface area contributed by atoms with E-state index >= 15 is 0 Å². The van der Waals surface area contributed by atoms with Crippen molar-refractivity contribution in [1.29, 1.82) is 0 Å². The highest BCUT2D eigenvalue weighted by atomic mass is 16.5. The second-order valence-corrected chi connectivity index (χ2v) is 10.9. The van der Waals surface area contributed by atoms with Crippen LogP contribution in [0.25, 0.3) is 6.08 Å². The van der Waals surface area contributed by atoms with E-state index in [-0.39, 0.29) is 28.6 Å². The molecule has 4 unspecified atom stereocenters. The van der Waals surface area contributed by atoms with E-state index in [1.165, 1.54) is 12.1 Å². The van der Waals surface area contributed by atoms with E-state index in [4.69, 9.17) is 14.3 Å². The summed E-state index contributed by atoms with van der Waals surface area (Å²) < 4.78 is 10.7. The molecule has 240 valence electrons. The van der Waals surface area contributed by atoms with Crippen LogP contribution in [0.2, 0.25) is 0 Å². The Labute approximate surface area is 257 Å². The Morgan fingerprint density at radius 3 is 2.23 bits per heavy atom. The predicted molar refractivity (Wildman–Crippen MR) is 168 cm³/mol. The molecular formula is C34H44O10. The molecule has 2 heterocycles. The molecule has 0 fully saturated rings. The minimum Gasteiger partial charge on any atom is -0.484 e. The van der Waals surface area contributed by atoms with E-state index in [0.717, 1.165) is 18.4 Å². The molecule has 1 aromatic heterocycles. The fourth-order valence-electron chi connectivity index (χ4n) is 4.50. The Bertz CT molecular complexity index is 1360. The number of aliphatic hydroxyl groups is 5. The van der Waals surface area contributed by atoms with Gasteiger partial charge in [-0.1, -0.05) is 93.5 Å². The van der Waals surface area contributed by atoms with Gasteiger partial charge in [-0.15, -0.1) is 0 Å². The summed E-state index contributed by atoms with van der Waals surface area (Å²) in [5, 5.41) is 59.1. The molecule has 10 nitrogen and oxygen atoms in total. The highest BCUT2D eigenvalue weighted by Crippen LogP contribution is 2.35. The number of ether oxygens (including phenoxy) is 1. The van der Waals surface area contributed by atoms with Crippen molar-refractivity contribution in [3.63, 3.8) is 0 Å². The van der Waals surface area contributed by atoms with Crippen LogP contribution in [0.1, 0.15) is 58.0 Å². The summed E-state index contributed by atoms with van der Waals surface area (Å²) in [6.07, 6.45) is 14.5. The molecule has 6 N–H and O–H groups in total. The summed E-state index contributed by atoms with van der Waals surface area (Å²) in [6, 6.07) is 1.31. The van der Waals surface area contributed by atoms with Gasteiger partial charge in [0.2, 0.25) is 0 Å². The van der Waals surface area contributed by atoms with E-state index in [2.05, 4.69) is 13.8 Å². The minimum atomic E-state index is -1.73. The van der Waals surface area contributed by atoms with Crippen LogP contribution in [0.4, 0.5) is 0 Å². The number of aliphatic hydroxyl groups excluding tert-OH is 5. The van der Waals surface area contributed by atoms with E-state index in [1.807, 2.05) is 38.2 Å². The summed E-state index contributed by atoms with van der Waals surface area (Å²) in [4.78, 5) is 24.1. The Morgan fingerprint density at radius 1 is 1.02 bits per heavy atom. The van der Waals surface area contributed by atoms with Crippen LogP contribution in [0.15, 0.2) is 93.3 Å². The number of carboxylic acids is 1. The molecule has 0 spiro atoms. The molecule has 10 heteroatoms. The Balaban J connectivity index is 1.98. The fraction of sp³-hybridized carbons (Fsp3) is 0.412. The molecule has 2 rings (SSSR count). The van der Waals surface area contributed by atoms with Crippen molar-refractivity contribution in [2.75, 3.05) is 6.61 Å². The first kappa shape index (κ1) is 36.4. The number of allylic oxidation sites excluding steroid dienone is 11. The van der Waals surface area contributed by atoms with Crippen molar-refractivity contribution in [3.05, 3.63) is 106 Å². The van der Waals surface area contributed by atoms with Crippen LogP contribution in [-0.2, 0) is 4.79 Å². The first-order valence-corrected chi connectivity index (χ1v) is 14.5. The highest BCUT2D eigenvalue weighted by molar-refractivity contribution is 5.90. The van der Waals surface area contributed by atoms with Gasteiger partial charge in [-0.05, 0) is 37.3 Å². The number of hydrogen-bond donors (Lipinski definition) is 6. The molecule has 0 radical (unpaired) electrons. The standard InChI is InChI=1S/C34H44O10/c1-5-21(2)16-23(4)18-24(33(40)41)17-22(3)14-12-10-8-6-7-9-11-13-15-25-19-27-28(34(42)43-25)30(38)31(39)32(44-27)29(37)26(36)20-35/h6-15,17-19,21,23,26,29-32,35-39H,5,16,20H2,1-4H3,(H,40,41)/b7-6+,10-8+,11-9+,14-12+,15-13+,22-17+,24-18-/t21?,23?,26?,29?,30-,31+,32-/m1/s1. The maximum atomic E-state index is 12.4. The Kier molecular flexibility index (Phi) is 15.0. The first-order valence-electron chi connectivity index (χ1n) is 14.5. The zero-order valence-electron chi connectivity index (χ0n) is 25.5. The van der Waals surface area contributed by atoms with E-state index < -0.39 is 48.7 Å². The van der Waals surface area contributed by atoms with Gasteiger partial charge in [-0.3, -0.25) is 0 Å². The van der Waals surface area contributed by atoms with Gasteiger partial charge in [0, 0.05) is 6.07 Å². The predicted octanol–water partition coefficient (Wildman–Crippen LogP) is 3.78. The summed E-state index contributed by atoms with van der Waals surface area (Å²) in [7, 11) is 0. The molecule has 1 aromatic rings. The third-order valence-corrected chi connectivity index (χ3v) is 7.07. The average molecular weight is 613 g/mol. The Hall–Kier alpha value is -3.80. The van der Waals surface area contributed by atoms with Crippen LogP contribution >= 0.6 is 0 Å². The Morgan fingerprint density at radius 2 is 1.64 bits per heavy atom. The number of carbonyl (C=O) groups is 1. The van der Waals surface area contributed by atoms with Gasteiger partial charge in [0.1, 0.15) is 41.5 Å². The smallest absolute Gasteiger partial charge is 0.345 e. The first-order chi connectivity index (χ1) is 20.9. The molecule has 0 aliphatic carbocycles. The van der Waals surface area contributed by atoms with E-state index in [1.54, 1.807) is 42.5 Å². The highest BCUT2D eigenvalue weighted by Gasteiger charge is 2.44. The molecule has 44 heavy (non-hydrogen) atoms. The van der Waals surface area contributed by atoms with Crippen LogP contribution in [0.5, 0.6) is 5.75 Å². The summed E-state index contributed by atoms with van der Waals surface area (Å²) in [5.41, 5.74) is -0.146. The van der Waals surface area contributed by atoms with Crippen LogP contribution in [0, 0.1) is 11.8 Å². The summed E-state index contributed by atoms with van der Waals surface area (Å²) in [5.74, 6) is -0.270. The third kappa shape index (κ3) is 11.0. The van der Waals surface area contributed by atoms with Crippen LogP contribution in [0.3, 0.4) is 0 Å². The lowest BCUT2D eigenvalue weighted by atomic mass is 9.92. The summed E-state index contributed by atoms with van der Waals surface area (Å²) >= 11 is 0. The van der Waals surface area contributed by atoms with Crippen molar-refractivity contribution in [1.82, 2.24) is 0 Å². The number of rotatable bonds is 15. The topological polar surface area (TPSA) is 178 Å². The van der Waals surface area contributed by atoms with Gasteiger partial charge >= 0.3 is 11.6 Å². The number of hydrogen-bond acceptors (Lipinski definition) is 9. The monoisotopic (exact) mass is 612 g/mol. The van der Waals surface area contributed by atoms with Crippen molar-refractivity contribution >= 4 is 12.0 Å². The lowest BCUT2D eigenvalue weighted by molar-refractivity contribution is -0.143. The van der Waals surface area contributed by atoms with Gasteiger partial charge < -0.3 is 39.8 Å². The van der Waals surface area contributed by atoms with Crippen molar-refractivity contribution in [2.45, 2.75) is 71.1 Å². The molecule has 1 aliphatic rings. The number of carboxylic acid groups (broad SMARTS) is 1. The van der Waals surface area contributed by atoms with Gasteiger partial charge in [0.15, 0.2) is 6.10 Å². The lowest BCUT2D eigenvalue weighted by Crippen LogP contribution is -2.53. The lowest BCUT2D eigenvalue weighted by Gasteiger charge is -2.36. The van der Waals surface area contributed by atoms with E-state index in [9.17, 15) is 35.1 Å². The maximum Gasteiger partial charge on any atom is 0.345 e. The van der Waals surface area contributed by atoms with Crippen LogP contribution < -0.4 is 10.4 Å². The second-order valence-electron chi connectivity index (χ2n) is 10.9. The average Bonchev–Trinajstić information content (AvgIpc) is 2.98. The molecule has 7 atom stereocenters. The van der Waals surface area contributed by atoms with E-state index in [0.29, 0.717) is 5.92 Å². The largest absolute Gasteiger partial charge is 0.484 e. The zero-order chi connectivity index (χ0) is 32.8. The molecular weight excluding hydrogens is 568 g/mol. The van der Waals surface area contributed by atoms with Crippen LogP contribution in [-0.4, -0.2) is 67.6 Å². The maximum absolute atomic E-state index is 12.4. The molecule has 1 aliphatic heterocycles. The van der Waals surface area contributed by atoms with Gasteiger partial charge in [-0.25, -0.2) is 9.59 Å². The molecule has 0 bridgehead atoms. The molecule has 0 aromatic carbocycles. The number of fused-ring (bicyclic) bond motifs is 1. The molecule has 0 amide bonds. The minimum absolute atomic E-state index is 0.0845. The SMILES string of the molecule is CCC(C)CC(C)/C=C(/C=C(C)/C=C/C=C/C=C/C=C/C=C/c1cc2c(c(=O)o1)[C@@H](O)[C@H](O)[C@@H](C(O)C(O)CO)O2)C(=O)O. The summed E-state index contributed by atoms with van der Waals surface area (Å²) in [6.45, 7) is 7.37. The van der Waals surface area contributed by atoms with Crippen molar-refractivity contribution < 1.29 is 44.6 Å². The number of aliphatic carboxylic acids is 1. The van der Waals surface area contributed by atoms with Gasteiger partial charge in [-0.2, -0.15) is 0 Å². The molecule has 0 saturated heterocycles. The van der Waals surface area contributed by atoms with Gasteiger partial charge in [0.25, 0.3) is 0 Å². The normalized spacial score (nSPS) is 22.6. The molecule has 0 saturated carbocycles. The van der Waals surface area contributed by atoms with Crippen molar-refractivity contribution in [2.24, 2.45) is 11.8 Å². The quantitative estimate of drug-likeness (QED) is 0.126. The zero-order valence-corrected chi connectivity index (χ0v) is 25.5. The van der Waals surface area contributed by atoms with Crippen molar-refractivity contribution in [3.8, 4) is 5.75 Å². The fourth-order valence-corrected chi connectivity index (χ4v) is 4.50. The third-order valence-electron chi connectivity index (χ3n) is 7.07.